The summed E-state index contributed by atoms with van der Waals surface area (Å²) in [6.45, 7) is 2.14. The minimum absolute atomic E-state index is 0.0105. The van der Waals surface area contributed by atoms with Gasteiger partial charge in [0.05, 0.1) is 16.8 Å². The number of benzene rings is 2. The number of carbonyl (C=O) groups excluding carboxylic acids is 2. The molecule has 3 rings (SSSR count). The Bertz CT molecular complexity index is 1010. The molecular formula is C19H14Br2N2O4S. The summed E-state index contributed by atoms with van der Waals surface area (Å²) in [5.41, 5.74) is 0.956. The van der Waals surface area contributed by atoms with Crippen LogP contribution in [0.3, 0.4) is 0 Å². The van der Waals surface area contributed by atoms with Crippen LogP contribution in [-0.2, 0) is 9.59 Å². The average molecular weight is 526 g/mol. The zero-order valence-corrected chi connectivity index (χ0v) is 18.5. The first-order valence-corrected chi connectivity index (χ1v) is 10.1. The predicted octanol–water partition coefficient (Wildman–Crippen LogP) is 4.15. The van der Waals surface area contributed by atoms with Gasteiger partial charge in [-0.2, -0.15) is 0 Å². The van der Waals surface area contributed by atoms with E-state index in [0.717, 1.165) is 4.47 Å². The van der Waals surface area contributed by atoms with E-state index in [1.165, 1.54) is 11.0 Å². The molecule has 6 nitrogen and oxygen atoms in total. The molecule has 1 fully saturated rings. The SMILES string of the molecule is CCOc1cc(C=C2C(=O)NC(=S)N(c3ccc(Br)cc3)C2=O)cc(Br)c1O. The third-order valence-corrected chi connectivity index (χ3v) is 5.27. The smallest absolute Gasteiger partial charge is 0.270 e. The van der Waals surface area contributed by atoms with Gasteiger partial charge in [-0.05, 0) is 83.1 Å². The van der Waals surface area contributed by atoms with Crippen LogP contribution in [0.4, 0.5) is 5.69 Å². The summed E-state index contributed by atoms with van der Waals surface area (Å²) in [5.74, 6) is -0.947. The van der Waals surface area contributed by atoms with E-state index in [1.807, 2.05) is 0 Å². The van der Waals surface area contributed by atoms with Crippen LogP contribution in [0.5, 0.6) is 11.5 Å². The molecule has 2 amide bonds. The van der Waals surface area contributed by atoms with E-state index in [9.17, 15) is 14.7 Å². The van der Waals surface area contributed by atoms with Gasteiger partial charge in [-0.15, -0.1) is 0 Å². The lowest BCUT2D eigenvalue weighted by atomic mass is 10.1. The monoisotopic (exact) mass is 524 g/mol. The number of nitrogens with one attached hydrogen (secondary N) is 1. The van der Waals surface area contributed by atoms with Gasteiger partial charge >= 0.3 is 0 Å². The topological polar surface area (TPSA) is 78.9 Å². The predicted molar refractivity (Wildman–Crippen MR) is 117 cm³/mol. The van der Waals surface area contributed by atoms with Gasteiger partial charge in [0.25, 0.3) is 11.8 Å². The van der Waals surface area contributed by atoms with Crippen molar-refractivity contribution in [3.05, 3.63) is 56.5 Å². The molecule has 28 heavy (non-hydrogen) atoms. The van der Waals surface area contributed by atoms with Gasteiger partial charge in [0.15, 0.2) is 16.6 Å². The van der Waals surface area contributed by atoms with E-state index in [4.69, 9.17) is 17.0 Å². The minimum atomic E-state index is -0.592. The maximum Gasteiger partial charge on any atom is 0.270 e. The molecule has 0 radical (unpaired) electrons. The molecule has 0 atom stereocenters. The highest BCUT2D eigenvalue weighted by Crippen LogP contribution is 2.36. The normalized spacial score (nSPS) is 15.8. The Labute approximate surface area is 183 Å². The van der Waals surface area contributed by atoms with Gasteiger partial charge in [0.2, 0.25) is 0 Å². The summed E-state index contributed by atoms with van der Waals surface area (Å²) in [6, 6.07) is 10.1. The number of phenols is 1. The molecular weight excluding hydrogens is 512 g/mol. The number of nitrogens with zero attached hydrogens (tertiary/aromatic N) is 1. The number of hydrogen-bond donors (Lipinski definition) is 2. The van der Waals surface area contributed by atoms with E-state index >= 15 is 0 Å². The van der Waals surface area contributed by atoms with Crippen LogP contribution in [0.2, 0.25) is 0 Å². The molecule has 1 aliphatic heterocycles. The number of phenolic OH excluding ortho intramolecular Hbond substituents is 1. The van der Waals surface area contributed by atoms with Crippen molar-refractivity contribution in [1.82, 2.24) is 5.32 Å². The lowest BCUT2D eigenvalue weighted by molar-refractivity contribution is -0.122. The van der Waals surface area contributed by atoms with Gasteiger partial charge in [0, 0.05) is 4.47 Å². The molecule has 2 aromatic carbocycles. The second-order valence-corrected chi connectivity index (χ2v) is 7.87. The molecule has 0 aromatic heterocycles. The highest BCUT2D eigenvalue weighted by molar-refractivity contribution is 9.10. The summed E-state index contributed by atoms with van der Waals surface area (Å²) >= 11 is 11.8. The van der Waals surface area contributed by atoms with Crippen molar-refractivity contribution in [2.75, 3.05) is 11.5 Å². The third-order valence-electron chi connectivity index (χ3n) is 3.85. The summed E-state index contributed by atoms with van der Waals surface area (Å²) in [5, 5.41) is 12.6. The van der Waals surface area contributed by atoms with Crippen molar-refractivity contribution < 1.29 is 19.4 Å². The first-order chi connectivity index (χ1) is 13.3. The van der Waals surface area contributed by atoms with Gasteiger partial charge in [-0.25, -0.2) is 0 Å². The number of halogens is 2. The van der Waals surface area contributed by atoms with E-state index in [0.29, 0.717) is 22.3 Å². The van der Waals surface area contributed by atoms with E-state index in [1.54, 1.807) is 43.3 Å². The minimum Gasteiger partial charge on any atom is -0.503 e. The summed E-state index contributed by atoms with van der Waals surface area (Å²) < 4.78 is 6.62. The molecule has 0 aliphatic carbocycles. The Morgan fingerprint density at radius 2 is 1.89 bits per heavy atom. The highest BCUT2D eigenvalue weighted by atomic mass is 79.9. The molecule has 0 spiro atoms. The molecule has 144 valence electrons. The Morgan fingerprint density at radius 1 is 1.21 bits per heavy atom. The number of ether oxygens (including phenoxy) is 1. The molecule has 0 bridgehead atoms. The Hall–Kier alpha value is -2.23. The number of rotatable bonds is 4. The standard InChI is InChI=1S/C19H14Br2N2O4S/c1-2-27-15-9-10(8-14(21)16(15)24)7-13-17(25)22-19(28)23(18(13)26)12-5-3-11(20)4-6-12/h3-9,24H,2H2,1H3,(H,22,25,28). The molecule has 0 saturated carbocycles. The van der Waals surface area contributed by atoms with Crippen LogP contribution in [-0.4, -0.2) is 28.6 Å². The number of hydrogen-bond acceptors (Lipinski definition) is 5. The van der Waals surface area contributed by atoms with Crippen molar-refractivity contribution in [2.24, 2.45) is 0 Å². The second kappa shape index (κ2) is 8.42. The summed E-state index contributed by atoms with van der Waals surface area (Å²) in [4.78, 5) is 26.7. The zero-order valence-electron chi connectivity index (χ0n) is 14.5. The number of thiocarbonyl (C=S) groups is 1. The van der Waals surface area contributed by atoms with E-state index in [2.05, 4.69) is 37.2 Å². The number of anilines is 1. The molecule has 2 N–H and O–H groups in total. The van der Waals surface area contributed by atoms with Crippen molar-refractivity contribution in [3.63, 3.8) is 0 Å². The quantitative estimate of drug-likeness (QED) is 0.356. The molecule has 1 aliphatic rings. The fraction of sp³-hybridized carbons (Fsp3) is 0.105. The lowest BCUT2D eigenvalue weighted by Gasteiger charge is -2.29. The molecule has 1 heterocycles. The maximum atomic E-state index is 13.0. The number of aromatic hydroxyl groups is 1. The highest BCUT2D eigenvalue weighted by Gasteiger charge is 2.34. The second-order valence-electron chi connectivity index (χ2n) is 5.72. The molecule has 9 heteroatoms. The molecule has 0 unspecified atom stereocenters. The molecule has 1 saturated heterocycles. The lowest BCUT2D eigenvalue weighted by Crippen LogP contribution is -2.54. The van der Waals surface area contributed by atoms with E-state index in [-0.39, 0.29) is 22.2 Å². The van der Waals surface area contributed by atoms with Gasteiger partial charge in [-0.1, -0.05) is 15.9 Å². The van der Waals surface area contributed by atoms with Gasteiger partial charge in [-0.3, -0.25) is 19.8 Å². The van der Waals surface area contributed by atoms with Crippen molar-refractivity contribution >= 4 is 72.8 Å². The first kappa shape index (κ1) is 20.5. The number of carbonyl (C=O) groups is 2. The van der Waals surface area contributed by atoms with Gasteiger partial charge in [0.1, 0.15) is 5.57 Å². The molecule has 2 aromatic rings. The van der Waals surface area contributed by atoms with E-state index < -0.39 is 11.8 Å². The largest absolute Gasteiger partial charge is 0.503 e. The summed E-state index contributed by atoms with van der Waals surface area (Å²) in [7, 11) is 0. The zero-order chi connectivity index (χ0) is 20.4. The van der Waals surface area contributed by atoms with Crippen LogP contribution in [0.1, 0.15) is 12.5 Å². The van der Waals surface area contributed by atoms with Crippen LogP contribution in [0.15, 0.2) is 50.9 Å². The van der Waals surface area contributed by atoms with Crippen LogP contribution in [0.25, 0.3) is 6.08 Å². The Kier molecular flexibility index (Phi) is 6.17. The average Bonchev–Trinajstić information content (AvgIpc) is 2.64. The third kappa shape index (κ3) is 4.11. The number of amides is 2. The van der Waals surface area contributed by atoms with Crippen molar-refractivity contribution in [2.45, 2.75) is 6.92 Å². The first-order valence-electron chi connectivity index (χ1n) is 8.14. The van der Waals surface area contributed by atoms with Crippen LogP contribution < -0.4 is 15.0 Å². The van der Waals surface area contributed by atoms with Crippen molar-refractivity contribution in [1.29, 1.82) is 0 Å². The summed E-state index contributed by atoms with van der Waals surface area (Å²) in [6.07, 6.45) is 1.43. The fourth-order valence-corrected chi connectivity index (χ4v) is 3.60. The Morgan fingerprint density at radius 3 is 2.54 bits per heavy atom. The Balaban J connectivity index is 2.03. The van der Waals surface area contributed by atoms with Gasteiger partial charge < -0.3 is 9.84 Å². The van der Waals surface area contributed by atoms with Crippen LogP contribution in [0, 0.1) is 0 Å². The van der Waals surface area contributed by atoms with Crippen LogP contribution >= 0.6 is 44.1 Å². The van der Waals surface area contributed by atoms with Crippen molar-refractivity contribution in [3.8, 4) is 11.5 Å². The fourth-order valence-electron chi connectivity index (χ4n) is 2.59. The maximum absolute atomic E-state index is 13.0.